The number of carbonyl (C=O) groups excluding carboxylic acids is 1. The number of fused-ring (bicyclic) bond motifs is 2. The first-order valence-corrected chi connectivity index (χ1v) is 12.9. The van der Waals surface area contributed by atoms with Crippen LogP contribution in [0.2, 0.25) is 5.02 Å². The van der Waals surface area contributed by atoms with E-state index in [0.29, 0.717) is 44.6 Å². The predicted octanol–water partition coefficient (Wildman–Crippen LogP) is 3.88. The van der Waals surface area contributed by atoms with Gasteiger partial charge in [0.15, 0.2) is 0 Å². The van der Waals surface area contributed by atoms with Gasteiger partial charge in [0.1, 0.15) is 30.4 Å². The minimum atomic E-state index is -0.877. The van der Waals surface area contributed by atoms with Crippen LogP contribution < -0.4 is 4.74 Å². The van der Waals surface area contributed by atoms with Gasteiger partial charge in [-0.15, -0.1) is 0 Å². The van der Waals surface area contributed by atoms with Gasteiger partial charge in [0.25, 0.3) is 5.91 Å². The number of β-amino-alcohol motifs (C(OH)–C–C–N with tert-alkyl or cyclic N) is 1. The molecule has 0 radical (unpaired) electrons. The Morgan fingerprint density at radius 3 is 2.67 bits per heavy atom. The van der Waals surface area contributed by atoms with Crippen molar-refractivity contribution in [2.24, 2.45) is 0 Å². The molecular formula is C27H32ClFN2O5. The number of phenolic OH excluding ortho intramolecular Hbond substituents is 1. The Morgan fingerprint density at radius 2 is 1.92 bits per heavy atom. The largest absolute Gasteiger partial charge is 0.508 e. The number of amides is 1. The number of phenols is 1. The highest BCUT2D eigenvalue weighted by molar-refractivity contribution is 6.30. The van der Waals surface area contributed by atoms with E-state index in [1.165, 1.54) is 23.8 Å². The Kier molecular flexibility index (Phi) is 7.40. The predicted molar refractivity (Wildman–Crippen MR) is 133 cm³/mol. The lowest BCUT2D eigenvalue weighted by Gasteiger charge is -2.39. The molecule has 0 saturated carbocycles. The average Bonchev–Trinajstić information content (AvgIpc) is 3.21. The summed E-state index contributed by atoms with van der Waals surface area (Å²) in [6, 6.07) is 10.3. The first kappa shape index (κ1) is 25.3. The third-order valence-corrected chi connectivity index (χ3v) is 7.77. The molecule has 0 unspecified atom stereocenters. The zero-order valence-electron chi connectivity index (χ0n) is 20.2. The fourth-order valence-electron chi connectivity index (χ4n) is 5.50. The molecular weight excluding hydrogens is 487 g/mol. The number of likely N-dealkylation sites (tertiary alicyclic amines) is 2. The maximum atomic E-state index is 13.5. The number of alkyl halides is 1. The molecule has 3 aliphatic heterocycles. The third kappa shape index (κ3) is 5.32. The van der Waals surface area contributed by atoms with E-state index in [0.717, 1.165) is 36.5 Å². The SMILES string of the molecule is O=C(c1ccc(O)cc1OC[C@@H](O)CN1CCC2(CC1)OCc1cc(Cl)ccc12)N1CCC(F)CC1. The minimum Gasteiger partial charge on any atom is -0.508 e. The number of ether oxygens (including phenoxy) is 2. The van der Waals surface area contributed by atoms with E-state index in [4.69, 9.17) is 21.1 Å². The van der Waals surface area contributed by atoms with Crippen molar-refractivity contribution in [1.29, 1.82) is 0 Å². The Labute approximate surface area is 215 Å². The van der Waals surface area contributed by atoms with Crippen LogP contribution in [-0.2, 0) is 16.9 Å². The molecule has 7 nitrogen and oxygen atoms in total. The third-order valence-electron chi connectivity index (χ3n) is 7.53. The zero-order valence-corrected chi connectivity index (χ0v) is 20.9. The molecule has 2 N–H and O–H groups in total. The van der Waals surface area contributed by atoms with Gasteiger partial charge in [0.05, 0.1) is 17.8 Å². The van der Waals surface area contributed by atoms with Crippen molar-refractivity contribution in [3.8, 4) is 11.5 Å². The van der Waals surface area contributed by atoms with Crippen LogP contribution in [0.4, 0.5) is 4.39 Å². The lowest BCUT2D eigenvalue weighted by atomic mass is 9.84. The molecule has 9 heteroatoms. The quantitative estimate of drug-likeness (QED) is 0.604. The van der Waals surface area contributed by atoms with Crippen LogP contribution in [0.1, 0.15) is 47.2 Å². The number of aliphatic hydroxyl groups is 1. The molecule has 194 valence electrons. The van der Waals surface area contributed by atoms with Crippen molar-refractivity contribution in [3.63, 3.8) is 0 Å². The molecule has 0 aromatic heterocycles. The van der Waals surface area contributed by atoms with E-state index >= 15 is 0 Å². The average molecular weight is 519 g/mol. The number of halogens is 2. The molecule has 3 aliphatic rings. The molecule has 1 amide bonds. The molecule has 36 heavy (non-hydrogen) atoms. The van der Waals surface area contributed by atoms with E-state index in [1.54, 1.807) is 4.90 Å². The standard InChI is InChI=1S/C27H32ClFN2O5/c28-19-1-4-24-18(13-19)16-36-27(24)7-11-30(12-8-27)15-22(33)17-35-25-14-21(32)2-3-23(25)26(34)31-9-5-20(29)6-10-31/h1-4,13-14,20,22,32-33H,5-12,15-17H2/t22-/m0/s1. The lowest BCUT2D eigenvalue weighted by Crippen LogP contribution is -2.46. The maximum absolute atomic E-state index is 13.5. The molecule has 2 aromatic carbocycles. The fourth-order valence-corrected chi connectivity index (χ4v) is 5.69. The normalized spacial score (nSPS) is 20.9. The van der Waals surface area contributed by atoms with Gasteiger partial charge in [0.2, 0.25) is 0 Å². The molecule has 0 aliphatic carbocycles. The smallest absolute Gasteiger partial charge is 0.257 e. The van der Waals surface area contributed by atoms with Gasteiger partial charge < -0.3 is 29.5 Å². The summed E-state index contributed by atoms with van der Waals surface area (Å²) in [5, 5.41) is 21.3. The highest BCUT2D eigenvalue weighted by Crippen LogP contribution is 2.44. The van der Waals surface area contributed by atoms with Gasteiger partial charge in [-0.3, -0.25) is 4.79 Å². The second-order valence-corrected chi connectivity index (χ2v) is 10.4. The maximum Gasteiger partial charge on any atom is 0.257 e. The molecule has 0 bridgehead atoms. The zero-order chi connectivity index (χ0) is 25.3. The number of nitrogens with zero attached hydrogens (tertiary/aromatic N) is 2. The van der Waals surface area contributed by atoms with Crippen LogP contribution in [0.5, 0.6) is 11.5 Å². The number of carbonyl (C=O) groups is 1. The van der Waals surface area contributed by atoms with Crippen LogP contribution in [-0.4, -0.2) is 77.5 Å². The topological polar surface area (TPSA) is 82.5 Å². The van der Waals surface area contributed by atoms with E-state index in [9.17, 15) is 19.4 Å². The number of piperidine rings is 2. The molecule has 2 aromatic rings. The molecule has 2 fully saturated rings. The number of benzene rings is 2. The monoisotopic (exact) mass is 518 g/mol. The first-order chi connectivity index (χ1) is 17.3. The van der Waals surface area contributed by atoms with E-state index in [-0.39, 0.29) is 29.6 Å². The van der Waals surface area contributed by atoms with Crippen LogP contribution >= 0.6 is 11.6 Å². The summed E-state index contributed by atoms with van der Waals surface area (Å²) >= 11 is 6.13. The van der Waals surface area contributed by atoms with Crippen LogP contribution in [0.3, 0.4) is 0 Å². The molecule has 2 saturated heterocycles. The van der Waals surface area contributed by atoms with E-state index in [1.807, 2.05) is 12.1 Å². The Morgan fingerprint density at radius 1 is 1.17 bits per heavy atom. The van der Waals surface area contributed by atoms with Crippen molar-refractivity contribution in [1.82, 2.24) is 9.80 Å². The molecule has 5 rings (SSSR count). The summed E-state index contributed by atoms with van der Waals surface area (Å²) in [5.41, 5.74) is 2.38. The summed E-state index contributed by atoms with van der Waals surface area (Å²) < 4.78 is 25.5. The Hall–Kier alpha value is -2.39. The molecule has 1 atom stereocenters. The second-order valence-electron chi connectivity index (χ2n) is 10.00. The summed E-state index contributed by atoms with van der Waals surface area (Å²) in [5.74, 6) is -0.0718. The number of aliphatic hydroxyl groups excluding tert-OH is 1. The van der Waals surface area contributed by atoms with Gasteiger partial charge in [0, 0.05) is 43.8 Å². The van der Waals surface area contributed by atoms with Crippen LogP contribution in [0.25, 0.3) is 0 Å². The summed E-state index contributed by atoms with van der Waals surface area (Å²) in [6.45, 7) is 3.23. The highest BCUT2D eigenvalue weighted by atomic mass is 35.5. The number of hydrogen-bond acceptors (Lipinski definition) is 6. The number of aromatic hydroxyl groups is 1. The minimum absolute atomic E-state index is 0.0181. The number of rotatable bonds is 6. The van der Waals surface area contributed by atoms with Crippen molar-refractivity contribution < 1.29 is 28.9 Å². The van der Waals surface area contributed by atoms with Gasteiger partial charge in [-0.1, -0.05) is 17.7 Å². The highest BCUT2D eigenvalue weighted by Gasteiger charge is 2.42. The lowest BCUT2D eigenvalue weighted by molar-refractivity contribution is -0.0835. The molecule has 1 spiro atoms. The first-order valence-electron chi connectivity index (χ1n) is 12.6. The summed E-state index contributed by atoms with van der Waals surface area (Å²) in [6.07, 6.45) is 0.645. The van der Waals surface area contributed by atoms with Crippen molar-refractivity contribution >= 4 is 17.5 Å². The van der Waals surface area contributed by atoms with Crippen molar-refractivity contribution in [3.05, 3.63) is 58.1 Å². The van der Waals surface area contributed by atoms with E-state index in [2.05, 4.69) is 11.0 Å². The van der Waals surface area contributed by atoms with Crippen molar-refractivity contribution in [2.45, 2.75) is 50.2 Å². The van der Waals surface area contributed by atoms with Crippen molar-refractivity contribution in [2.75, 3.05) is 39.3 Å². The summed E-state index contributed by atoms with van der Waals surface area (Å²) in [7, 11) is 0. The van der Waals surface area contributed by atoms with E-state index < -0.39 is 12.3 Å². The second kappa shape index (κ2) is 10.5. The van der Waals surface area contributed by atoms with Crippen LogP contribution in [0, 0.1) is 0 Å². The van der Waals surface area contributed by atoms with Gasteiger partial charge in [-0.25, -0.2) is 4.39 Å². The van der Waals surface area contributed by atoms with Gasteiger partial charge in [-0.05, 0) is 61.1 Å². The number of hydrogen-bond donors (Lipinski definition) is 2. The van der Waals surface area contributed by atoms with Gasteiger partial charge >= 0.3 is 0 Å². The van der Waals surface area contributed by atoms with Gasteiger partial charge in [-0.2, -0.15) is 0 Å². The fraction of sp³-hybridized carbons (Fsp3) is 0.519. The molecule has 3 heterocycles. The Balaban J connectivity index is 1.15. The Bertz CT molecular complexity index is 1100. The van der Waals surface area contributed by atoms with Crippen LogP contribution in [0.15, 0.2) is 36.4 Å². The summed E-state index contributed by atoms with van der Waals surface area (Å²) in [4.78, 5) is 16.8.